The summed E-state index contributed by atoms with van der Waals surface area (Å²) in [5, 5.41) is 5.26. The molecule has 0 aromatic heterocycles. The number of rotatable bonds is 5. The molecule has 4 amide bonds. The molecule has 0 aliphatic carbocycles. The minimum atomic E-state index is -0.603. The summed E-state index contributed by atoms with van der Waals surface area (Å²) >= 11 is 0. The van der Waals surface area contributed by atoms with E-state index in [1.54, 1.807) is 43.4 Å². The highest BCUT2D eigenvalue weighted by molar-refractivity contribution is 6.04. The number of carbonyl (C=O) groups excluding carboxylic acids is 3. The molecule has 1 aliphatic heterocycles. The van der Waals surface area contributed by atoms with E-state index >= 15 is 0 Å². The van der Waals surface area contributed by atoms with Gasteiger partial charge in [0.15, 0.2) is 0 Å². The molecule has 2 aromatic rings. The molecule has 0 spiro atoms. The van der Waals surface area contributed by atoms with Crippen LogP contribution in [0.25, 0.3) is 0 Å². The Morgan fingerprint density at radius 3 is 2.52 bits per heavy atom. The van der Waals surface area contributed by atoms with E-state index in [4.69, 9.17) is 5.73 Å². The van der Waals surface area contributed by atoms with Crippen molar-refractivity contribution in [3.8, 4) is 0 Å². The average Bonchev–Trinajstić information content (AvgIpc) is 2.90. The van der Waals surface area contributed by atoms with E-state index in [-0.39, 0.29) is 30.8 Å². The molecule has 4 N–H and O–H groups in total. The van der Waals surface area contributed by atoms with Crippen LogP contribution in [0.1, 0.15) is 21.5 Å². The summed E-state index contributed by atoms with van der Waals surface area (Å²) in [5.41, 5.74) is 8.42. The summed E-state index contributed by atoms with van der Waals surface area (Å²) in [4.78, 5) is 37.7. The highest BCUT2D eigenvalue weighted by Gasteiger charge is 2.37. The molecule has 2 aromatic carbocycles. The molecule has 27 heavy (non-hydrogen) atoms. The molecule has 1 aliphatic rings. The molecule has 1 atom stereocenters. The lowest BCUT2D eigenvalue weighted by molar-refractivity contribution is -0.127. The van der Waals surface area contributed by atoms with Gasteiger partial charge in [-0.05, 0) is 35.4 Å². The molecule has 1 fully saturated rings. The van der Waals surface area contributed by atoms with E-state index < -0.39 is 12.1 Å². The zero-order valence-electron chi connectivity index (χ0n) is 14.8. The van der Waals surface area contributed by atoms with E-state index in [2.05, 4.69) is 10.6 Å². The van der Waals surface area contributed by atoms with Crippen molar-refractivity contribution in [1.29, 1.82) is 0 Å². The first kappa shape index (κ1) is 20.3. The summed E-state index contributed by atoms with van der Waals surface area (Å²) in [6, 6.07) is 13.0. The first-order chi connectivity index (χ1) is 12.5. The number of nitrogens with one attached hydrogen (secondary N) is 2. The van der Waals surface area contributed by atoms with Crippen molar-refractivity contribution in [1.82, 2.24) is 15.5 Å². The highest BCUT2D eigenvalue weighted by Crippen LogP contribution is 2.17. The number of hydrogen-bond acceptors (Lipinski definition) is 4. The largest absolute Gasteiger partial charge is 0.399 e. The van der Waals surface area contributed by atoms with Gasteiger partial charge in [0.05, 0.1) is 6.54 Å². The lowest BCUT2D eigenvalue weighted by atomic mass is 10.1. The Labute approximate surface area is 163 Å². The molecular weight excluding hydrogens is 368 g/mol. The summed E-state index contributed by atoms with van der Waals surface area (Å²) in [7, 11) is 1.55. The Morgan fingerprint density at radius 1 is 1.15 bits per heavy atom. The zero-order chi connectivity index (χ0) is 18.7. The van der Waals surface area contributed by atoms with Gasteiger partial charge in [0.1, 0.15) is 6.04 Å². The molecule has 1 heterocycles. The van der Waals surface area contributed by atoms with Gasteiger partial charge in [-0.2, -0.15) is 0 Å². The Kier molecular flexibility index (Phi) is 6.41. The van der Waals surface area contributed by atoms with Crippen LogP contribution in [0.15, 0.2) is 48.5 Å². The van der Waals surface area contributed by atoms with Crippen LogP contribution in [-0.2, 0) is 17.8 Å². The number of nitrogens with two attached hydrogens (primary N) is 1. The number of nitrogens with zero attached hydrogens (tertiary/aromatic N) is 1. The predicted octanol–water partition coefficient (Wildman–Crippen LogP) is 1.71. The smallest absolute Gasteiger partial charge is 0.325 e. The van der Waals surface area contributed by atoms with Gasteiger partial charge in [-0.25, -0.2) is 4.79 Å². The van der Waals surface area contributed by atoms with Crippen molar-refractivity contribution < 1.29 is 14.4 Å². The third-order valence-corrected chi connectivity index (χ3v) is 4.28. The van der Waals surface area contributed by atoms with Gasteiger partial charge in [-0.3, -0.25) is 14.5 Å². The molecule has 0 saturated carbocycles. The molecule has 7 nitrogen and oxygen atoms in total. The number of nitrogen functional groups attached to an aromatic ring is 1. The summed E-state index contributed by atoms with van der Waals surface area (Å²) in [6.07, 6.45) is 0.402. The van der Waals surface area contributed by atoms with Crippen LogP contribution in [-0.4, -0.2) is 35.8 Å². The second-order valence-corrected chi connectivity index (χ2v) is 6.15. The predicted molar refractivity (Wildman–Crippen MR) is 105 cm³/mol. The first-order valence-electron chi connectivity index (χ1n) is 8.25. The van der Waals surface area contributed by atoms with Gasteiger partial charge in [0.2, 0.25) is 0 Å². The van der Waals surface area contributed by atoms with E-state index in [0.717, 1.165) is 5.56 Å². The van der Waals surface area contributed by atoms with Crippen LogP contribution < -0.4 is 16.4 Å². The molecule has 8 heteroatoms. The monoisotopic (exact) mass is 388 g/mol. The number of amides is 4. The Bertz CT molecular complexity index is 854. The van der Waals surface area contributed by atoms with E-state index in [1.807, 2.05) is 12.1 Å². The SMILES string of the molecule is CNC(=O)c1cccc(CN2C(=O)NC(Cc3ccc(N)cc3)C2=O)c1.Cl. The van der Waals surface area contributed by atoms with E-state index in [1.165, 1.54) is 4.90 Å². The van der Waals surface area contributed by atoms with Gasteiger partial charge >= 0.3 is 6.03 Å². The normalized spacial score (nSPS) is 15.9. The lowest BCUT2D eigenvalue weighted by Crippen LogP contribution is -2.32. The van der Waals surface area contributed by atoms with Crippen LogP contribution >= 0.6 is 12.4 Å². The Balaban J connectivity index is 0.00000261. The fourth-order valence-corrected chi connectivity index (χ4v) is 2.89. The highest BCUT2D eigenvalue weighted by atomic mass is 35.5. The topological polar surface area (TPSA) is 105 Å². The number of benzene rings is 2. The number of carbonyl (C=O) groups is 3. The van der Waals surface area contributed by atoms with Crippen LogP contribution in [0.4, 0.5) is 10.5 Å². The number of hydrogen-bond donors (Lipinski definition) is 3. The number of anilines is 1. The Hall–Kier alpha value is -3.06. The molecule has 1 saturated heterocycles. The van der Waals surface area contributed by atoms with Crippen molar-refractivity contribution in [2.75, 3.05) is 12.8 Å². The zero-order valence-corrected chi connectivity index (χ0v) is 15.6. The van der Waals surface area contributed by atoms with Crippen LogP contribution in [0.2, 0.25) is 0 Å². The number of halogens is 1. The summed E-state index contributed by atoms with van der Waals surface area (Å²) < 4.78 is 0. The quantitative estimate of drug-likeness (QED) is 0.535. The molecule has 3 rings (SSSR count). The standard InChI is InChI=1S/C19H20N4O3.ClH/c1-21-17(24)14-4-2-3-13(9-14)11-23-18(25)16(22-19(23)26)10-12-5-7-15(20)8-6-12;/h2-9,16H,10-11,20H2,1H3,(H,21,24)(H,22,26);1H. The fraction of sp³-hybridized carbons (Fsp3) is 0.211. The maximum absolute atomic E-state index is 12.6. The molecule has 0 bridgehead atoms. The summed E-state index contributed by atoms with van der Waals surface area (Å²) in [6.45, 7) is 0.119. The first-order valence-corrected chi connectivity index (χ1v) is 8.25. The fourth-order valence-electron chi connectivity index (χ4n) is 2.89. The second kappa shape index (κ2) is 8.55. The molecule has 0 radical (unpaired) electrons. The van der Waals surface area contributed by atoms with Crippen LogP contribution in [0.5, 0.6) is 0 Å². The molecular formula is C19H21ClN4O3. The maximum atomic E-state index is 12.6. The lowest BCUT2D eigenvalue weighted by Gasteiger charge is -2.14. The summed E-state index contributed by atoms with van der Waals surface area (Å²) in [5.74, 6) is -0.498. The van der Waals surface area contributed by atoms with Crippen LogP contribution in [0.3, 0.4) is 0 Å². The van der Waals surface area contributed by atoms with Gasteiger partial charge in [0, 0.05) is 24.7 Å². The minimum absolute atomic E-state index is 0. The van der Waals surface area contributed by atoms with E-state index in [9.17, 15) is 14.4 Å². The van der Waals surface area contributed by atoms with E-state index in [0.29, 0.717) is 23.2 Å². The number of urea groups is 1. The van der Waals surface area contributed by atoms with Crippen molar-refractivity contribution in [2.24, 2.45) is 0 Å². The number of imide groups is 1. The van der Waals surface area contributed by atoms with Crippen molar-refractivity contribution in [3.05, 3.63) is 65.2 Å². The average molecular weight is 389 g/mol. The molecule has 1 unspecified atom stereocenters. The van der Waals surface area contributed by atoms with Crippen molar-refractivity contribution in [3.63, 3.8) is 0 Å². The van der Waals surface area contributed by atoms with Crippen molar-refractivity contribution in [2.45, 2.75) is 19.0 Å². The Morgan fingerprint density at radius 2 is 1.85 bits per heavy atom. The van der Waals surface area contributed by atoms with Crippen LogP contribution in [0, 0.1) is 0 Å². The minimum Gasteiger partial charge on any atom is -0.399 e. The third-order valence-electron chi connectivity index (χ3n) is 4.28. The molecule has 142 valence electrons. The second-order valence-electron chi connectivity index (χ2n) is 6.15. The van der Waals surface area contributed by atoms with Gasteiger partial charge in [-0.1, -0.05) is 24.3 Å². The third kappa shape index (κ3) is 4.57. The van der Waals surface area contributed by atoms with Gasteiger partial charge in [-0.15, -0.1) is 12.4 Å². The maximum Gasteiger partial charge on any atom is 0.325 e. The van der Waals surface area contributed by atoms with Crippen molar-refractivity contribution >= 4 is 35.9 Å². The van der Waals surface area contributed by atoms with Gasteiger partial charge < -0.3 is 16.4 Å². The van der Waals surface area contributed by atoms with Gasteiger partial charge in [0.25, 0.3) is 11.8 Å².